The van der Waals surface area contributed by atoms with E-state index < -0.39 is 0 Å². The number of nitrogens with zero attached hydrogens (tertiary/aromatic N) is 2. The fourth-order valence-electron chi connectivity index (χ4n) is 3.04. The zero-order valence-corrected chi connectivity index (χ0v) is 19.9. The molecule has 1 aromatic heterocycles. The number of thiazole rings is 1. The molecular formula is C21H22BrCl2N3S. The van der Waals surface area contributed by atoms with Crippen molar-refractivity contribution >= 4 is 67.0 Å². The van der Waals surface area contributed by atoms with Gasteiger partial charge >= 0.3 is 0 Å². The summed E-state index contributed by atoms with van der Waals surface area (Å²) in [6.45, 7) is 8.44. The lowest BCUT2D eigenvalue weighted by Gasteiger charge is -2.22. The number of halogens is 3. The van der Waals surface area contributed by atoms with Gasteiger partial charge in [-0.15, -0.1) is 11.3 Å². The lowest BCUT2D eigenvalue weighted by molar-refractivity contribution is 0.864. The SMILES string of the molecule is CCc1sc(Nc2ccc(Cl)c(Cl)c2)nc1-c1ccc(N(CC)CC)c(Br)c1. The molecule has 28 heavy (non-hydrogen) atoms. The van der Waals surface area contributed by atoms with Crippen molar-refractivity contribution in [3.05, 3.63) is 55.8 Å². The van der Waals surface area contributed by atoms with Gasteiger partial charge in [0.25, 0.3) is 0 Å². The smallest absolute Gasteiger partial charge is 0.187 e. The quantitative estimate of drug-likeness (QED) is 0.357. The first kappa shape index (κ1) is 21.4. The molecule has 0 fully saturated rings. The van der Waals surface area contributed by atoms with Crippen molar-refractivity contribution < 1.29 is 0 Å². The molecule has 0 aliphatic carbocycles. The van der Waals surface area contributed by atoms with Crippen LogP contribution in [0.25, 0.3) is 11.3 Å². The lowest BCUT2D eigenvalue weighted by atomic mass is 10.1. The van der Waals surface area contributed by atoms with E-state index in [0.717, 1.165) is 46.1 Å². The fraction of sp³-hybridized carbons (Fsp3) is 0.286. The molecule has 3 aromatic rings. The lowest BCUT2D eigenvalue weighted by Crippen LogP contribution is -2.22. The van der Waals surface area contributed by atoms with Crippen molar-refractivity contribution in [1.82, 2.24) is 4.98 Å². The Balaban J connectivity index is 1.92. The van der Waals surface area contributed by atoms with Crippen LogP contribution in [0.5, 0.6) is 0 Å². The van der Waals surface area contributed by atoms with Crippen LogP contribution in [0.15, 0.2) is 40.9 Å². The van der Waals surface area contributed by atoms with E-state index >= 15 is 0 Å². The number of rotatable bonds is 7. The third kappa shape index (κ3) is 4.65. The highest BCUT2D eigenvalue weighted by Gasteiger charge is 2.15. The summed E-state index contributed by atoms with van der Waals surface area (Å²) in [6.07, 6.45) is 0.922. The minimum Gasteiger partial charge on any atom is -0.371 e. The van der Waals surface area contributed by atoms with Gasteiger partial charge in [0, 0.05) is 33.7 Å². The second kappa shape index (κ2) is 9.49. The van der Waals surface area contributed by atoms with Crippen LogP contribution >= 0.6 is 50.5 Å². The Hall–Kier alpha value is -1.27. The van der Waals surface area contributed by atoms with Gasteiger partial charge in [0.15, 0.2) is 5.13 Å². The number of nitrogens with one attached hydrogen (secondary N) is 1. The summed E-state index contributed by atoms with van der Waals surface area (Å²) in [6, 6.07) is 12.0. The predicted molar refractivity (Wildman–Crippen MR) is 128 cm³/mol. The summed E-state index contributed by atoms with van der Waals surface area (Å²) in [5.41, 5.74) is 4.20. The van der Waals surface area contributed by atoms with Gasteiger partial charge < -0.3 is 10.2 Å². The number of benzene rings is 2. The maximum Gasteiger partial charge on any atom is 0.187 e. The molecule has 3 nitrogen and oxygen atoms in total. The predicted octanol–water partition coefficient (Wildman–Crippen LogP) is 8.03. The van der Waals surface area contributed by atoms with Gasteiger partial charge in [-0.2, -0.15) is 0 Å². The molecule has 0 amide bonds. The van der Waals surface area contributed by atoms with Crippen molar-refractivity contribution in [3.63, 3.8) is 0 Å². The summed E-state index contributed by atoms with van der Waals surface area (Å²) < 4.78 is 1.09. The van der Waals surface area contributed by atoms with Gasteiger partial charge in [0.1, 0.15) is 0 Å². The van der Waals surface area contributed by atoms with Gasteiger partial charge in [-0.3, -0.25) is 0 Å². The molecule has 0 spiro atoms. The van der Waals surface area contributed by atoms with Crippen LogP contribution in [0.3, 0.4) is 0 Å². The van der Waals surface area contributed by atoms with Crippen molar-refractivity contribution in [2.45, 2.75) is 27.2 Å². The van der Waals surface area contributed by atoms with E-state index in [1.807, 2.05) is 12.1 Å². The Labute approximate surface area is 188 Å². The number of hydrogen-bond donors (Lipinski definition) is 1. The summed E-state index contributed by atoms with van der Waals surface area (Å²) >= 11 is 17.5. The molecule has 148 valence electrons. The van der Waals surface area contributed by atoms with Crippen molar-refractivity contribution in [2.24, 2.45) is 0 Å². The van der Waals surface area contributed by atoms with Crippen molar-refractivity contribution in [3.8, 4) is 11.3 Å². The Morgan fingerprint density at radius 1 is 1.04 bits per heavy atom. The number of aromatic nitrogens is 1. The summed E-state index contributed by atoms with van der Waals surface area (Å²) in [5, 5.41) is 5.25. The molecule has 3 rings (SSSR count). The first-order chi connectivity index (χ1) is 13.5. The van der Waals surface area contributed by atoms with Crippen LogP contribution in [0.1, 0.15) is 25.6 Å². The molecule has 0 aliphatic heterocycles. The molecule has 0 aliphatic rings. The van der Waals surface area contributed by atoms with E-state index in [1.165, 1.54) is 10.6 Å². The molecule has 0 unspecified atom stereocenters. The zero-order chi connectivity index (χ0) is 20.3. The van der Waals surface area contributed by atoms with Gasteiger partial charge in [0.05, 0.1) is 21.4 Å². The average molecular weight is 499 g/mol. The monoisotopic (exact) mass is 497 g/mol. The van der Waals surface area contributed by atoms with Crippen LogP contribution in [0.4, 0.5) is 16.5 Å². The highest BCUT2D eigenvalue weighted by Crippen LogP contribution is 2.37. The van der Waals surface area contributed by atoms with E-state index in [9.17, 15) is 0 Å². The Bertz CT molecular complexity index is 970. The second-order valence-corrected chi connectivity index (χ2v) is 8.99. The number of anilines is 3. The molecule has 2 aromatic carbocycles. The van der Waals surface area contributed by atoms with Crippen molar-refractivity contribution in [2.75, 3.05) is 23.3 Å². The molecule has 0 saturated heterocycles. The topological polar surface area (TPSA) is 28.2 Å². The highest BCUT2D eigenvalue weighted by molar-refractivity contribution is 9.10. The largest absolute Gasteiger partial charge is 0.371 e. The van der Waals surface area contributed by atoms with Gasteiger partial charge in [-0.05, 0) is 66.5 Å². The second-order valence-electron chi connectivity index (χ2n) is 6.24. The minimum absolute atomic E-state index is 0.523. The Morgan fingerprint density at radius 2 is 1.79 bits per heavy atom. The van der Waals surface area contributed by atoms with Gasteiger partial charge in [0.2, 0.25) is 0 Å². The maximum atomic E-state index is 6.12. The summed E-state index contributed by atoms with van der Waals surface area (Å²) in [5.74, 6) is 0. The van der Waals surface area contributed by atoms with E-state index in [1.54, 1.807) is 17.4 Å². The molecule has 0 bridgehead atoms. The van der Waals surface area contributed by atoms with E-state index in [4.69, 9.17) is 28.2 Å². The van der Waals surface area contributed by atoms with Crippen LogP contribution in [-0.2, 0) is 6.42 Å². The Morgan fingerprint density at radius 3 is 2.39 bits per heavy atom. The zero-order valence-electron chi connectivity index (χ0n) is 16.0. The highest BCUT2D eigenvalue weighted by atomic mass is 79.9. The molecule has 0 radical (unpaired) electrons. The van der Waals surface area contributed by atoms with E-state index in [-0.39, 0.29) is 0 Å². The first-order valence-corrected chi connectivity index (χ1v) is 11.6. The van der Waals surface area contributed by atoms with Crippen LogP contribution in [0.2, 0.25) is 10.0 Å². The van der Waals surface area contributed by atoms with E-state index in [2.05, 4.69) is 65.1 Å². The van der Waals surface area contributed by atoms with Crippen LogP contribution in [-0.4, -0.2) is 18.1 Å². The molecular weight excluding hydrogens is 477 g/mol. The maximum absolute atomic E-state index is 6.12. The third-order valence-corrected chi connectivity index (χ3v) is 7.00. The first-order valence-electron chi connectivity index (χ1n) is 9.23. The minimum atomic E-state index is 0.523. The standard InChI is InChI=1S/C21H22BrCl2N3S/c1-4-19-20(13-7-10-18(15(22)11-13)27(5-2)6-3)26-21(28-19)25-14-8-9-16(23)17(24)12-14/h7-12H,4-6H2,1-3H3,(H,25,26). The summed E-state index contributed by atoms with van der Waals surface area (Å²) in [4.78, 5) is 8.42. The average Bonchev–Trinajstić information content (AvgIpc) is 3.09. The molecule has 1 N–H and O–H groups in total. The molecule has 0 atom stereocenters. The molecule has 1 heterocycles. The third-order valence-electron chi connectivity index (χ3n) is 4.51. The fourth-order valence-corrected chi connectivity index (χ4v) is 4.91. The van der Waals surface area contributed by atoms with Crippen LogP contribution in [0, 0.1) is 0 Å². The molecule has 7 heteroatoms. The van der Waals surface area contributed by atoms with E-state index in [0.29, 0.717) is 10.0 Å². The number of hydrogen-bond acceptors (Lipinski definition) is 4. The normalized spacial score (nSPS) is 10.9. The van der Waals surface area contributed by atoms with Gasteiger partial charge in [-0.1, -0.05) is 36.2 Å². The number of aryl methyl sites for hydroxylation is 1. The van der Waals surface area contributed by atoms with Gasteiger partial charge in [-0.25, -0.2) is 4.98 Å². The summed E-state index contributed by atoms with van der Waals surface area (Å²) in [7, 11) is 0. The van der Waals surface area contributed by atoms with Crippen molar-refractivity contribution in [1.29, 1.82) is 0 Å². The Kier molecular flexibility index (Phi) is 7.26. The molecule has 0 saturated carbocycles. The van der Waals surface area contributed by atoms with Crippen LogP contribution < -0.4 is 10.2 Å².